The van der Waals surface area contributed by atoms with E-state index >= 15 is 0 Å². The first-order chi connectivity index (χ1) is 14.2. The fourth-order valence-corrected chi connectivity index (χ4v) is 2.84. The number of methoxy groups -OCH3 is 1. The standard InChI is InChI=1S/C22H30N2O6.Cs/c1-22(2,3)7-6-14-10-19(30-9-5-8-29-4)17(13-25)24-20(14)16-11-18(26)15(12-23-16)21(27)28;/h10-12,25H,5-9,13H2,1-4H3,(H2,23,26,27,28);/q;+1/p-1. The molecule has 0 aromatic carbocycles. The van der Waals surface area contributed by atoms with Crippen LogP contribution < -0.4 is 84.0 Å². The van der Waals surface area contributed by atoms with Gasteiger partial charge in [-0.3, -0.25) is 4.79 Å². The second-order valence-corrected chi connectivity index (χ2v) is 8.23. The zero-order valence-corrected chi connectivity index (χ0v) is 25.2. The molecule has 0 bridgehead atoms. The number of aliphatic hydroxyl groups excluding tert-OH is 1. The quantitative estimate of drug-likeness (QED) is 0.386. The molecule has 0 saturated carbocycles. The molecule has 2 N–H and O–H groups in total. The Morgan fingerprint density at radius 1 is 1.23 bits per heavy atom. The summed E-state index contributed by atoms with van der Waals surface area (Å²) in [7, 11) is 1.62. The summed E-state index contributed by atoms with van der Waals surface area (Å²) in [6.07, 6.45) is 3.24. The van der Waals surface area contributed by atoms with Gasteiger partial charge >= 0.3 is 74.9 Å². The number of nitrogens with zero attached hydrogens (tertiary/aromatic N) is 2. The van der Waals surface area contributed by atoms with E-state index in [9.17, 15) is 14.7 Å². The molecule has 0 spiro atoms. The van der Waals surface area contributed by atoms with Crippen LogP contribution in [0.5, 0.6) is 5.75 Å². The molecule has 2 heterocycles. The van der Waals surface area contributed by atoms with Crippen molar-refractivity contribution in [2.75, 3.05) is 20.3 Å². The van der Waals surface area contributed by atoms with E-state index in [1.165, 1.54) is 6.07 Å². The molecule has 8 nitrogen and oxygen atoms in total. The third-order valence-corrected chi connectivity index (χ3v) is 4.52. The van der Waals surface area contributed by atoms with E-state index in [1.807, 2.05) is 6.07 Å². The third-order valence-electron chi connectivity index (χ3n) is 4.52. The molecule has 0 aliphatic heterocycles. The second-order valence-electron chi connectivity index (χ2n) is 8.23. The third kappa shape index (κ3) is 8.66. The molecule has 2 aromatic rings. The van der Waals surface area contributed by atoms with Crippen molar-refractivity contribution in [1.29, 1.82) is 0 Å². The normalized spacial score (nSPS) is 11.1. The van der Waals surface area contributed by atoms with Gasteiger partial charge in [-0.1, -0.05) is 20.8 Å². The van der Waals surface area contributed by atoms with Crippen LogP contribution >= 0.6 is 0 Å². The number of carboxylic acid groups (broad SMARTS) is 1. The van der Waals surface area contributed by atoms with Gasteiger partial charge in [-0.2, -0.15) is 6.20 Å². The summed E-state index contributed by atoms with van der Waals surface area (Å²) >= 11 is 0. The Bertz CT molecular complexity index is 937. The van der Waals surface area contributed by atoms with Crippen molar-refractivity contribution in [3.8, 4) is 17.1 Å². The average Bonchev–Trinajstić information content (AvgIpc) is 2.68. The van der Waals surface area contributed by atoms with Gasteiger partial charge in [0.15, 0.2) is 5.43 Å². The molecule has 0 aliphatic carbocycles. The zero-order valence-electron chi connectivity index (χ0n) is 18.9. The Morgan fingerprint density at radius 3 is 2.48 bits per heavy atom. The van der Waals surface area contributed by atoms with E-state index in [0.717, 1.165) is 18.2 Å². The molecule has 0 amide bonds. The van der Waals surface area contributed by atoms with Gasteiger partial charge in [0.25, 0.3) is 0 Å². The number of hydrogen-bond acceptors (Lipinski definition) is 6. The molecule has 2 rings (SSSR count). The van der Waals surface area contributed by atoms with Crippen molar-refractivity contribution in [2.24, 2.45) is 5.41 Å². The minimum Gasteiger partial charge on any atom is -0.661 e. The molecule has 164 valence electrons. The van der Waals surface area contributed by atoms with Crippen LogP contribution in [0.1, 0.15) is 55.2 Å². The summed E-state index contributed by atoms with van der Waals surface area (Å²) in [5, 5.41) is 18.9. The van der Waals surface area contributed by atoms with E-state index in [4.69, 9.17) is 14.6 Å². The maximum atomic E-state index is 12.2. The topological polar surface area (TPSA) is 120 Å². The number of aliphatic hydroxyl groups is 1. The van der Waals surface area contributed by atoms with E-state index in [0.29, 0.717) is 43.2 Å². The predicted molar refractivity (Wildman–Crippen MR) is 112 cm³/mol. The van der Waals surface area contributed by atoms with Gasteiger partial charge in [0.05, 0.1) is 24.5 Å². The number of pyridine rings is 2. The van der Waals surface area contributed by atoms with Gasteiger partial charge in [-0.25, -0.2) is 9.78 Å². The minimum absolute atomic E-state index is 0. The molecule has 0 fully saturated rings. The van der Waals surface area contributed by atoms with Crippen LogP contribution in [0.25, 0.3) is 11.4 Å². The van der Waals surface area contributed by atoms with Crippen LogP contribution in [0.4, 0.5) is 0 Å². The van der Waals surface area contributed by atoms with Crippen LogP contribution in [0.3, 0.4) is 0 Å². The maximum Gasteiger partial charge on any atom is 1.00 e. The molecule has 0 radical (unpaired) electrons. The number of carbonyl (C=O) groups is 1. The van der Waals surface area contributed by atoms with Crippen LogP contribution in [0.15, 0.2) is 23.1 Å². The molecule has 0 atom stereocenters. The van der Waals surface area contributed by atoms with Gasteiger partial charge in [0.1, 0.15) is 11.4 Å². The van der Waals surface area contributed by atoms with Crippen molar-refractivity contribution in [2.45, 2.75) is 46.6 Å². The van der Waals surface area contributed by atoms with Crippen molar-refractivity contribution in [3.05, 3.63) is 45.4 Å². The van der Waals surface area contributed by atoms with E-state index in [2.05, 4.69) is 30.7 Å². The Balaban J connectivity index is 0.00000480. The van der Waals surface area contributed by atoms with Crippen molar-refractivity contribution >= 4 is 5.97 Å². The van der Waals surface area contributed by atoms with E-state index < -0.39 is 17.0 Å². The van der Waals surface area contributed by atoms with Crippen LogP contribution in [-0.4, -0.2) is 41.5 Å². The number of hydrogen-bond donors (Lipinski definition) is 2. The number of aromatic nitrogens is 2. The van der Waals surface area contributed by atoms with Gasteiger partial charge in [-0.05, 0) is 36.0 Å². The summed E-state index contributed by atoms with van der Waals surface area (Å²) < 4.78 is 10.8. The number of carboxylic acids is 1. The van der Waals surface area contributed by atoms with Crippen LogP contribution in [0, 0.1) is 5.41 Å². The average molecular weight is 550 g/mol. The minimum atomic E-state index is -1.32. The first-order valence-electron chi connectivity index (χ1n) is 9.82. The van der Waals surface area contributed by atoms with Crippen LogP contribution in [0.2, 0.25) is 0 Å². The maximum absolute atomic E-state index is 12.2. The molecule has 31 heavy (non-hydrogen) atoms. The Labute approximate surface area is 241 Å². The number of aromatic carboxylic acids is 1. The summed E-state index contributed by atoms with van der Waals surface area (Å²) in [6.45, 7) is 7.00. The molecule has 0 unspecified atom stereocenters. The number of rotatable bonds is 10. The molecular formula is C22H29CsN2O6. The fraction of sp³-hybridized carbons (Fsp3) is 0.500. The SMILES string of the molecule is COCCCOc1cc(CCC(C)(C)C)c(-c2cc(=O)c(C(=O)O)c[n-]2)nc1CO.[Cs+]. The van der Waals surface area contributed by atoms with Gasteiger partial charge in [-0.15, -0.1) is 5.69 Å². The van der Waals surface area contributed by atoms with Gasteiger partial charge < -0.3 is 24.7 Å². The molecule has 0 saturated heterocycles. The monoisotopic (exact) mass is 550 g/mol. The molecule has 9 heteroatoms. The molecule has 2 aromatic heterocycles. The Hall–Kier alpha value is -0.658. The zero-order chi connectivity index (χ0) is 22.3. The second kappa shape index (κ2) is 13.1. The van der Waals surface area contributed by atoms with Crippen LogP contribution in [-0.2, 0) is 17.8 Å². The Morgan fingerprint density at radius 2 is 1.94 bits per heavy atom. The van der Waals surface area contributed by atoms with Crippen molar-refractivity contribution in [3.63, 3.8) is 0 Å². The largest absolute Gasteiger partial charge is 1.00 e. The molecular weight excluding hydrogens is 521 g/mol. The Kier molecular flexibility index (Phi) is 12.0. The van der Waals surface area contributed by atoms with E-state index in [-0.39, 0.29) is 86.6 Å². The van der Waals surface area contributed by atoms with Gasteiger partial charge in [0.2, 0.25) is 0 Å². The summed E-state index contributed by atoms with van der Waals surface area (Å²) in [5.41, 5.74) is 0.905. The smallest absolute Gasteiger partial charge is 0.661 e. The molecule has 0 aliphatic rings. The van der Waals surface area contributed by atoms with E-state index in [1.54, 1.807) is 7.11 Å². The van der Waals surface area contributed by atoms with Crippen molar-refractivity contribution < 1.29 is 93.4 Å². The first kappa shape index (κ1) is 28.4. The fourth-order valence-electron chi connectivity index (χ4n) is 2.84. The first-order valence-corrected chi connectivity index (χ1v) is 9.82. The predicted octanol–water partition coefficient (Wildman–Crippen LogP) is -0.345. The summed E-state index contributed by atoms with van der Waals surface area (Å²) in [6, 6.07) is 3.00. The summed E-state index contributed by atoms with van der Waals surface area (Å²) in [5.74, 6) is -0.846. The number of ether oxygens (including phenoxy) is 2. The van der Waals surface area contributed by atoms with Crippen molar-refractivity contribution in [1.82, 2.24) is 9.97 Å². The number of aryl methyl sites for hydroxylation is 1. The summed E-state index contributed by atoms with van der Waals surface area (Å²) in [4.78, 5) is 32.0. The van der Waals surface area contributed by atoms with Gasteiger partial charge in [0, 0.05) is 20.1 Å².